The second-order valence-corrected chi connectivity index (χ2v) is 15.1. The van der Waals surface area contributed by atoms with Crippen molar-refractivity contribution in [1.29, 1.82) is 0 Å². The van der Waals surface area contributed by atoms with Crippen molar-refractivity contribution in [1.82, 2.24) is 16.0 Å². The minimum absolute atomic E-state index is 0.0128. The van der Waals surface area contributed by atoms with Crippen LogP contribution in [0.3, 0.4) is 0 Å². The van der Waals surface area contributed by atoms with Crippen LogP contribution in [-0.4, -0.2) is 68.5 Å². The Kier molecular flexibility index (Phi) is 13.7. The lowest BCUT2D eigenvalue weighted by Crippen LogP contribution is -2.50. The van der Waals surface area contributed by atoms with Crippen LogP contribution in [0, 0.1) is 21.7 Å². The van der Waals surface area contributed by atoms with Crippen LogP contribution >= 0.6 is 0 Å². The number of carbonyl (C=O) groups is 3. The van der Waals surface area contributed by atoms with Gasteiger partial charge in [-0.15, -0.1) is 0 Å². The number of nitrogens with zero attached hydrogens (tertiary/aromatic N) is 2. The number of nitrogens with one attached hydrogen (secondary N) is 3. The monoisotopic (exact) mass is 621 g/mol. The molecule has 12 heteroatoms. The van der Waals surface area contributed by atoms with Crippen molar-refractivity contribution in [3.63, 3.8) is 0 Å². The first-order chi connectivity index (χ1) is 20.5. The summed E-state index contributed by atoms with van der Waals surface area (Å²) in [5.74, 6) is 0. The molecule has 0 bridgehead atoms. The Bertz CT molecular complexity index is 1070. The van der Waals surface area contributed by atoms with E-state index in [0.29, 0.717) is 45.2 Å². The quantitative estimate of drug-likeness (QED) is 0.0723. The van der Waals surface area contributed by atoms with Gasteiger partial charge in [0.15, 0.2) is 0 Å². The first kappa shape index (κ1) is 37.0. The van der Waals surface area contributed by atoms with E-state index in [9.17, 15) is 19.2 Å². The molecule has 3 amide bonds. The third-order valence-electron chi connectivity index (χ3n) is 8.54. The lowest BCUT2D eigenvalue weighted by atomic mass is 9.62. The van der Waals surface area contributed by atoms with Gasteiger partial charge in [0.25, 0.3) is 0 Å². The van der Waals surface area contributed by atoms with Crippen LogP contribution < -0.4 is 16.0 Å². The molecule has 44 heavy (non-hydrogen) atoms. The maximum absolute atomic E-state index is 12.4. The predicted molar refractivity (Wildman–Crippen MR) is 168 cm³/mol. The van der Waals surface area contributed by atoms with Crippen molar-refractivity contribution in [2.75, 3.05) is 26.3 Å². The van der Waals surface area contributed by atoms with Crippen molar-refractivity contribution in [2.45, 2.75) is 125 Å². The van der Waals surface area contributed by atoms with Crippen LogP contribution in [-0.2, 0) is 19.1 Å². The van der Waals surface area contributed by atoms with E-state index < -0.39 is 18.3 Å². The van der Waals surface area contributed by atoms with Crippen molar-refractivity contribution in [3.05, 3.63) is 0 Å². The van der Waals surface area contributed by atoms with E-state index >= 15 is 0 Å². The Hall–Kier alpha value is -3.14. The molecule has 4 unspecified atom stereocenters. The molecule has 0 radical (unpaired) electrons. The smallest absolute Gasteiger partial charge is 0.433 e. The van der Waals surface area contributed by atoms with Crippen molar-refractivity contribution in [3.8, 4) is 0 Å². The number of oxime groups is 1. The fraction of sp³-hybridized carbons (Fsp3) is 0.844. The molecule has 0 aromatic rings. The Labute approximate surface area is 262 Å². The molecular weight excluding hydrogens is 566 g/mol. The summed E-state index contributed by atoms with van der Waals surface area (Å²) in [6.07, 6.45) is 6.74. The van der Waals surface area contributed by atoms with Crippen LogP contribution in [0.5, 0.6) is 0 Å². The summed E-state index contributed by atoms with van der Waals surface area (Å²) >= 11 is 0. The first-order valence-corrected chi connectivity index (χ1v) is 15.9. The third kappa shape index (κ3) is 13.7. The molecular formula is C32H55N5O7. The number of rotatable bonds is 13. The average molecular weight is 622 g/mol. The summed E-state index contributed by atoms with van der Waals surface area (Å²) in [5, 5.41) is 12.5. The summed E-state index contributed by atoms with van der Waals surface area (Å²) in [7, 11) is 0. The van der Waals surface area contributed by atoms with E-state index in [4.69, 9.17) is 14.3 Å². The molecule has 4 atom stereocenters. The fourth-order valence-corrected chi connectivity index (χ4v) is 7.33. The van der Waals surface area contributed by atoms with Gasteiger partial charge >= 0.3 is 18.3 Å². The van der Waals surface area contributed by atoms with Crippen LogP contribution in [0.25, 0.3) is 0 Å². The Morgan fingerprint density at radius 2 is 1.32 bits per heavy atom. The molecule has 0 aromatic carbocycles. The Balaban J connectivity index is 1.65. The fourth-order valence-electron chi connectivity index (χ4n) is 7.33. The maximum atomic E-state index is 12.4. The highest BCUT2D eigenvalue weighted by Gasteiger charge is 2.43. The minimum atomic E-state index is -0.571. The maximum Gasteiger partial charge on any atom is 0.433 e. The number of unbranched alkanes of at least 4 members (excludes halogenated alkanes) is 1. The zero-order chi connectivity index (χ0) is 33.0. The molecule has 0 aliphatic heterocycles. The highest BCUT2D eigenvalue weighted by molar-refractivity contribution is 5.81. The van der Waals surface area contributed by atoms with Crippen molar-refractivity contribution >= 4 is 30.1 Å². The summed E-state index contributed by atoms with van der Waals surface area (Å²) in [5.41, 5.74) is 0.280. The van der Waals surface area contributed by atoms with Crippen LogP contribution in [0.2, 0.25) is 0 Å². The molecule has 2 aliphatic carbocycles. The van der Waals surface area contributed by atoms with Crippen molar-refractivity contribution in [2.24, 2.45) is 31.8 Å². The second kappa shape index (κ2) is 16.3. The zero-order valence-corrected chi connectivity index (χ0v) is 28.1. The van der Waals surface area contributed by atoms with Gasteiger partial charge in [-0.25, -0.2) is 24.2 Å². The highest BCUT2D eigenvalue weighted by atomic mass is 16.7. The second-order valence-electron chi connectivity index (χ2n) is 15.1. The van der Waals surface area contributed by atoms with Gasteiger partial charge in [-0.05, 0) is 86.4 Å². The van der Waals surface area contributed by atoms with E-state index in [1.165, 1.54) is 0 Å². The largest absolute Gasteiger partial charge is 0.450 e. The molecule has 2 rings (SSSR count). The van der Waals surface area contributed by atoms with Gasteiger partial charge < -0.3 is 25.4 Å². The third-order valence-corrected chi connectivity index (χ3v) is 8.54. The molecule has 2 fully saturated rings. The molecule has 0 heterocycles. The average Bonchev–Trinajstić information content (AvgIpc) is 2.89. The number of ether oxygens (including phenoxy) is 2. The zero-order valence-electron chi connectivity index (χ0n) is 28.1. The SMILES string of the molecule is CC/C(C)=N/OC(=O)NC1CC(C)(C)CC(C)(CNC(=O)OCCCCOC(=O)NCC2(C)CC(N=C=O)CC(C)(C)C2)C1. The Morgan fingerprint density at radius 3 is 1.84 bits per heavy atom. The molecule has 12 nitrogen and oxygen atoms in total. The summed E-state index contributed by atoms with van der Waals surface area (Å²) in [6, 6.07) is -0.192. The van der Waals surface area contributed by atoms with Gasteiger partial charge in [0, 0.05) is 19.1 Å². The molecule has 0 saturated heterocycles. The van der Waals surface area contributed by atoms with E-state index in [-0.39, 0.29) is 47.0 Å². The Morgan fingerprint density at radius 1 is 0.795 bits per heavy atom. The van der Waals surface area contributed by atoms with Gasteiger partial charge in [0.05, 0.1) is 25.0 Å². The minimum Gasteiger partial charge on any atom is -0.450 e. The van der Waals surface area contributed by atoms with Crippen LogP contribution in [0.15, 0.2) is 10.1 Å². The van der Waals surface area contributed by atoms with E-state index in [0.717, 1.165) is 31.4 Å². The first-order valence-electron chi connectivity index (χ1n) is 15.9. The van der Waals surface area contributed by atoms with Gasteiger partial charge in [-0.3, -0.25) is 4.84 Å². The van der Waals surface area contributed by atoms with E-state index in [2.05, 4.69) is 67.6 Å². The number of amides is 3. The van der Waals surface area contributed by atoms with Crippen LogP contribution in [0.1, 0.15) is 113 Å². The number of hydrogen-bond donors (Lipinski definition) is 3. The molecule has 2 saturated carbocycles. The lowest BCUT2D eigenvalue weighted by molar-refractivity contribution is 0.0624. The predicted octanol–water partition coefficient (Wildman–Crippen LogP) is 6.24. The number of aliphatic imine (C=N–C) groups is 1. The normalized spacial score (nSPS) is 27.7. The van der Waals surface area contributed by atoms with Gasteiger partial charge in [-0.1, -0.05) is 53.6 Å². The topological polar surface area (TPSA) is 157 Å². The summed E-state index contributed by atoms with van der Waals surface area (Å²) in [6.45, 7) is 17.8. The van der Waals surface area contributed by atoms with Crippen molar-refractivity contribution < 1.29 is 33.5 Å². The lowest BCUT2D eigenvalue weighted by Gasteiger charge is -2.46. The standard InChI is InChI=1S/C32H55N5O7/c1-9-23(2)37-44-28(41)36-25-15-30(5,6)19-32(8,17-25)21-34-27(40)43-13-11-10-12-42-26(39)33-20-31(7)16-24(35-22-38)14-29(3,4)18-31/h24-25H,9-21H2,1-8H3,(H,33,39)(H,34,40)(H,36,41)/b37-23+. The number of carbonyl (C=O) groups excluding carboxylic acids is 4. The molecule has 250 valence electrons. The summed E-state index contributed by atoms with van der Waals surface area (Å²) < 4.78 is 10.6. The summed E-state index contributed by atoms with van der Waals surface area (Å²) in [4.78, 5) is 56.6. The number of alkyl carbamates (subject to hydrolysis) is 2. The van der Waals surface area contributed by atoms with Crippen LogP contribution in [0.4, 0.5) is 14.4 Å². The molecule has 3 N–H and O–H groups in total. The van der Waals surface area contributed by atoms with Gasteiger partial charge in [0.2, 0.25) is 6.08 Å². The molecule has 0 spiro atoms. The number of isocyanates is 1. The molecule has 2 aliphatic rings. The van der Waals surface area contributed by atoms with E-state index in [1.54, 1.807) is 13.0 Å². The van der Waals surface area contributed by atoms with Gasteiger partial charge in [0.1, 0.15) is 0 Å². The van der Waals surface area contributed by atoms with Gasteiger partial charge in [-0.2, -0.15) is 0 Å². The highest BCUT2D eigenvalue weighted by Crippen LogP contribution is 2.47. The van der Waals surface area contributed by atoms with E-state index in [1.807, 2.05) is 6.92 Å². The molecule has 0 aromatic heterocycles. The number of hydrogen-bond acceptors (Lipinski definition) is 9.